The standard InChI is InChI=1S/C13H16O4S2/c1-2-12(13(14)15)19(16,17)8-9-7-18-11-6-4-3-5-10(9)11/h3-6,9,12H,2,7-8H2,1H3,(H,14,15). The summed E-state index contributed by atoms with van der Waals surface area (Å²) in [4.78, 5) is 12.1. The minimum atomic E-state index is -3.61. The van der Waals surface area contributed by atoms with Crippen molar-refractivity contribution in [2.75, 3.05) is 11.5 Å². The summed E-state index contributed by atoms with van der Waals surface area (Å²) in [7, 11) is -3.61. The van der Waals surface area contributed by atoms with E-state index in [1.807, 2.05) is 24.3 Å². The molecule has 1 aromatic carbocycles. The van der Waals surface area contributed by atoms with Crippen LogP contribution in [0.15, 0.2) is 29.2 Å². The van der Waals surface area contributed by atoms with Gasteiger partial charge in [0, 0.05) is 16.6 Å². The highest BCUT2D eigenvalue weighted by atomic mass is 32.2. The zero-order valence-corrected chi connectivity index (χ0v) is 12.2. The van der Waals surface area contributed by atoms with Crippen LogP contribution in [0.4, 0.5) is 0 Å². The van der Waals surface area contributed by atoms with Crippen molar-refractivity contribution in [1.82, 2.24) is 0 Å². The van der Waals surface area contributed by atoms with Crippen molar-refractivity contribution in [1.29, 1.82) is 0 Å². The molecule has 0 radical (unpaired) electrons. The van der Waals surface area contributed by atoms with Crippen LogP contribution in [0.5, 0.6) is 0 Å². The Labute approximate surface area is 117 Å². The molecule has 2 unspecified atom stereocenters. The molecule has 6 heteroatoms. The molecule has 0 aromatic heterocycles. The number of thioether (sulfide) groups is 1. The smallest absolute Gasteiger partial charge is 0.321 e. The Bertz CT molecular complexity index is 580. The maximum Gasteiger partial charge on any atom is 0.321 e. The third kappa shape index (κ3) is 2.95. The van der Waals surface area contributed by atoms with Crippen LogP contribution in [-0.4, -0.2) is 36.2 Å². The number of rotatable bonds is 5. The van der Waals surface area contributed by atoms with Crippen molar-refractivity contribution in [3.8, 4) is 0 Å². The maximum absolute atomic E-state index is 12.2. The first-order valence-electron chi connectivity index (χ1n) is 6.11. The number of sulfone groups is 1. The lowest BCUT2D eigenvalue weighted by Gasteiger charge is -2.15. The van der Waals surface area contributed by atoms with Crippen LogP contribution in [0.2, 0.25) is 0 Å². The number of benzene rings is 1. The van der Waals surface area contributed by atoms with Gasteiger partial charge in [0.1, 0.15) is 0 Å². The summed E-state index contributed by atoms with van der Waals surface area (Å²) in [5.74, 6) is -0.725. The molecule has 0 aliphatic carbocycles. The normalized spacial score (nSPS) is 19.9. The van der Waals surface area contributed by atoms with Crippen molar-refractivity contribution in [3.63, 3.8) is 0 Å². The molecule has 1 aliphatic heterocycles. The van der Waals surface area contributed by atoms with Gasteiger partial charge in [-0.15, -0.1) is 11.8 Å². The van der Waals surface area contributed by atoms with Crippen molar-refractivity contribution in [3.05, 3.63) is 29.8 Å². The fourth-order valence-electron chi connectivity index (χ4n) is 2.35. The van der Waals surface area contributed by atoms with Crippen LogP contribution in [0.3, 0.4) is 0 Å². The largest absolute Gasteiger partial charge is 0.480 e. The van der Waals surface area contributed by atoms with E-state index in [2.05, 4.69) is 0 Å². The molecule has 1 aromatic rings. The van der Waals surface area contributed by atoms with Crippen LogP contribution < -0.4 is 0 Å². The summed E-state index contributed by atoms with van der Waals surface area (Å²) in [6.07, 6.45) is 0.110. The number of carboxylic acids is 1. The molecular formula is C13H16O4S2. The molecular weight excluding hydrogens is 284 g/mol. The molecule has 0 fully saturated rings. The molecule has 0 amide bonds. The molecule has 0 saturated heterocycles. The quantitative estimate of drug-likeness (QED) is 0.902. The lowest BCUT2D eigenvalue weighted by molar-refractivity contribution is -0.136. The Morgan fingerprint density at radius 3 is 2.79 bits per heavy atom. The Balaban J connectivity index is 2.21. The monoisotopic (exact) mass is 300 g/mol. The molecule has 1 N–H and O–H groups in total. The number of carbonyl (C=O) groups is 1. The Morgan fingerprint density at radius 1 is 1.47 bits per heavy atom. The van der Waals surface area contributed by atoms with Gasteiger partial charge < -0.3 is 5.11 Å². The van der Waals surface area contributed by atoms with Gasteiger partial charge in [-0.3, -0.25) is 4.79 Å². The molecule has 104 valence electrons. The molecule has 0 bridgehead atoms. The SMILES string of the molecule is CCC(C(=O)O)S(=O)(=O)CC1CSc2ccccc21. The van der Waals surface area contributed by atoms with E-state index in [-0.39, 0.29) is 18.1 Å². The first-order chi connectivity index (χ1) is 8.95. The van der Waals surface area contributed by atoms with E-state index in [0.717, 1.165) is 10.5 Å². The van der Waals surface area contributed by atoms with E-state index >= 15 is 0 Å². The fraction of sp³-hybridized carbons (Fsp3) is 0.462. The van der Waals surface area contributed by atoms with Crippen LogP contribution in [0.1, 0.15) is 24.8 Å². The Morgan fingerprint density at radius 2 is 2.16 bits per heavy atom. The van der Waals surface area contributed by atoms with Gasteiger partial charge in [0.05, 0.1) is 5.75 Å². The summed E-state index contributed by atoms with van der Waals surface area (Å²) in [5, 5.41) is 7.71. The van der Waals surface area contributed by atoms with E-state index in [0.29, 0.717) is 5.75 Å². The minimum absolute atomic E-state index is 0.0815. The predicted molar refractivity (Wildman–Crippen MR) is 75.4 cm³/mol. The van der Waals surface area contributed by atoms with Crippen molar-refractivity contribution in [2.45, 2.75) is 29.4 Å². The Hall–Kier alpha value is -1.01. The van der Waals surface area contributed by atoms with Gasteiger partial charge in [-0.05, 0) is 18.1 Å². The molecule has 1 aliphatic rings. The zero-order valence-electron chi connectivity index (χ0n) is 10.6. The zero-order chi connectivity index (χ0) is 14.0. The number of fused-ring (bicyclic) bond motifs is 1. The highest BCUT2D eigenvalue weighted by molar-refractivity contribution is 7.99. The molecule has 2 rings (SSSR count). The topological polar surface area (TPSA) is 71.4 Å². The van der Waals surface area contributed by atoms with Gasteiger partial charge in [-0.25, -0.2) is 8.42 Å². The summed E-state index contributed by atoms with van der Waals surface area (Å²) in [6.45, 7) is 1.59. The minimum Gasteiger partial charge on any atom is -0.480 e. The summed E-state index contributed by atoms with van der Waals surface area (Å²) in [6, 6.07) is 7.71. The lowest BCUT2D eigenvalue weighted by Crippen LogP contribution is -2.33. The third-order valence-corrected chi connectivity index (χ3v) is 6.83. The van der Waals surface area contributed by atoms with Gasteiger partial charge in [-0.2, -0.15) is 0 Å². The van der Waals surface area contributed by atoms with Crippen molar-refractivity contribution >= 4 is 27.6 Å². The first kappa shape index (κ1) is 14.4. The predicted octanol–water partition coefficient (Wildman–Crippen LogP) is 2.15. The third-order valence-electron chi connectivity index (χ3n) is 3.31. The van der Waals surface area contributed by atoms with Crippen LogP contribution in [-0.2, 0) is 14.6 Å². The summed E-state index contributed by atoms with van der Waals surface area (Å²) in [5.41, 5.74) is 1.02. The van der Waals surface area contributed by atoms with E-state index < -0.39 is 21.1 Å². The van der Waals surface area contributed by atoms with Crippen molar-refractivity contribution in [2.24, 2.45) is 0 Å². The highest BCUT2D eigenvalue weighted by Gasteiger charge is 2.35. The van der Waals surface area contributed by atoms with E-state index in [9.17, 15) is 13.2 Å². The average Bonchev–Trinajstić information content (AvgIpc) is 2.72. The van der Waals surface area contributed by atoms with E-state index in [4.69, 9.17) is 5.11 Å². The molecule has 0 spiro atoms. The van der Waals surface area contributed by atoms with Crippen LogP contribution in [0, 0.1) is 0 Å². The number of hydrogen-bond acceptors (Lipinski definition) is 4. The molecule has 4 nitrogen and oxygen atoms in total. The van der Waals surface area contributed by atoms with Crippen LogP contribution in [0.25, 0.3) is 0 Å². The summed E-state index contributed by atoms with van der Waals surface area (Å²) >= 11 is 1.63. The van der Waals surface area contributed by atoms with E-state index in [1.54, 1.807) is 18.7 Å². The van der Waals surface area contributed by atoms with Crippen LogP contribution >= 0.6 is 11.8 Å². The number of hydrogen-bond donors (Lipinski definition) is 1. The first-order valence-corrected chi connectivity index (χ1v) is 8.82. The molecule has 1 heterocycles. The summed E-state index contributed by atoms with van der Waals surface area (Å²) < 4.78 is 24.4. The number of carboxylic acid groups (broad SMARTS) is 1. The van der Waals surface area contributed by atoms with Gasteiger partial charge in [0.25, 0.3) is 0 Å². The van der Waals surface area contributed by atoms with Gasteiger partial charge in [0.2, 0.25) is 0 Å². The number of aliphatic carboxylic acids is 1. The van der Waals surface area contributed by atoms with Crippen molar-refractivity contribution < 1.29 is 18.3 Å². The molecule has 0 saturated carbocycles. The Kier molecular flexibility index (Phi) is 4.20. The molecule has 2 atom stereocenters. The van der Waals surface area contributed by atoms with Gasteiger partial charge in [-0.1, -0.05) is 25.1 Å². The second-order valence-corrected chi connectivity index (χ2v) is 7.90. The average molecular weight is 300 g/mol. The molecule has 19 heavy (non-hydrogen) atoms. The van der Waals surface area contributed by atoms with Gasteiger partial charge >= 0.3 is 5.97 Å². The van der Waals surface area contributed by atoms with E-state index in [1.165, 1.54) is 0 Å². The van der Waals surface area contributed by atoms with Gasteiger partial charge in [0.15, 0.2) is 15.1 Å². The highest BCUT2D eigenvalue weighted by Crippen LogP contribution is 2.40. The second kappa shape index (κ2) is 5.54. The fourth-order valence-corrected chi connectivity index (χ4v) is 5.66. The lowest BCUT2D eigenvalue weighted by atomic mass is 10.0. The second-order valence-electron chi connectivity index (χ2n) is 4.61. The maximum atomic E-state index is 12.2.